The van der Waals surface area contributed by atoms with Crippen molar-refractivity contribution in [2.75, 3.05) is 39.0 Å². The molecule has 4 nitrogen and oxygen atoms in total. The molecule has 1 saturated heterocycles. The lowest BCUT2D eigenvalue weighted by molar-refractivity contribution is -0.157. The van der Waals surface area contributed by atoms with Crippen molar-refractivity contribution >= 4 is 17.7 Å². The number of fused-ring (bicyclic) bond motifs is 1. The Kier molecular flexibility index (Phi) is 4.01. The van der Waals surface area contributed by atoms with Gasteiger partial charge in [-0.25, -0.2) is 4.79 Å². The van der Waals surface area contributed by atoms with E-state index in [0.717, 1.165) is 43.9 Å². The Balaban J connectivity index is 2.09. The van der Waals surface area contributed by atoms with Crippen molar-refractivity contribution in [2.45, 2.75) is 16.9 Å². The first-order valence-electron chi connectivity index (χ1n) is 7.05. The van der Waals surface area contributed by atoms with E-state index in [4.69, 9.17) is 4.74 Å². The van der Waals surface area contributed by atoms with E-state index >= 15 is 0 Å². The molecule has 0 spiro atoms. The number of thioether (sulfide) groups is 1. The summed E-state index contributed by atoms with van der Waals surface area (Å²) >= 11 is 1.83. The fourth-order valence-corrected chi connectivity index (χ4v) is 4.45. The van der Waals surface area contributed by atoms with Gasteiger partial charge in [0.25, 0.3) is 0 Å². The van der Waals surface area contributed by atoms with Gasteiger partial charge in [-0.2, -0.15) is 0 Å². The quantitative estimate of drug-likeness (QED) is 0.836. The summed E-state index contributed by atoms with van der Waals surface area (Å²) in [6, 6.07) is 8.25. The van der Waals surface area contributed by atoms with E-state index in [1.807, 2.05) is 23.9 Å². The molecule has 0 bridgehead atoms. The molecule has 108 valence electrons. The smallest absolute Gasteiger partial charge is 0.331 e. The fraction of sp³-hybridized carbons (Fsp3) is 0.533. The van der Waals surface area contributed by atoms with Gasteiger partial charge in [-0.3, -0.25) is 4.90 Å². The molecule has 2 heterocycles. The van der Waals surface area contributed by atoms with Crippen LogP contribution in [0.5, 0.6) is 0 Å². The van der Waals surface area contributed by atoms with Crippen LogP contribution in [0.1, 0.15) is 12.0 Å². The summed E-state index contributed by atoms with van der Waals surface area (Å²) in [5.74, 6) is 0.836. The number of nitrogens with zero attached hydrogens (tertiary/aromatic N) is 1. The van der Waals surface area contributed by atoms with E-state index in [1.165, 1.54) is 12.0 Å². The number of carbonyl (C=O) groups is 1. The first-order chi connectivity index (χ1) is 9.79. The molecule has 0 saturated carbocycles. The monoisotopic (exact) mass is 292 g/mol. The van der Waals surface area contributed by atoms with Crippen LogP contribution >= 0.6 is 11.8 Å². The summed E-state index contributed by atoms with van der Waals surface area (Å²) in [6.07, 6.45) is 0.821. The molecule has 0 aromatic heterocycles. The molecule has 1 aromatic rings. The molecule has 0 radical (unpaired) electrons. The highest BCUT2D eigenvalue weighted by Crippen LogP contribution is 2.44. The average molecular weight is 292 g/mol. The van der Waals surface area contributed by atoms with Crippen LogP contribution in [-0.2, 0) is 15.1 Å². The highest BCUT2D eigenvalue weighted by atomic mass is 32.2. The second kappa shape index (κ2) is 5.76. The van der Waals surface area contributed by atoms with Crippen molar-refractivity contribution in [3.8, 4) is 0 Å². The second-order valence-electron chi connectivity index (χ2n) is 5.18. The molecule has 0 amide bonds. The number of hydrogen-bond acceptors (Lipinski definition) is 5. The average Bonchev–Trinajstić information content (AvgIpc) is 2.54. The Morgan fingerprint density at radius 2 is 2.10 bits per heavy atom. The topological polar surface area (TPSA) is 41.6 Å². The predicted octanol–water partition coefficient (Wildman–Crippen LogP) is 1.46. The maximum absolute atomic E-state index is 12.7. The zero-order valence-electron chi connectivity index (χ0n) is 11.7. The van der Waals surface area contributed by atoms with Crippen LogP contribution in [0.4, 0.5) is 0 Å². The Hall–Kier alpha value is -1.04. The number of hydrogen-bond donors (Lipinski definition) is 1. The van der Waals surface area contributed by atoms with Gasteiger partial charge in [0.1, 0.15) is 5.54 Å². The molecule has 1 aromatic carbocycles. The summed E-state index contributed by atoms with van der Waals surface area (Å²) in [7, 11) is 1.50. The molecular formula is C15H20N2O2S. The largest absolute Gasteiger partial charge is 0.467 e. The van der Waals surface area contributed by atoms with E-state index in [2.05, 4.69) is 22.3 Å². The summed E-state index contributed by atoms with van der Waals surface area (Å²) < 4.78 is 5.19. The minimum atomic E-state index is -0.599. The van der Waals surface area contributed by atoms with E-state index in [0.29, 0.717) is 0 Å². The Morgan fingerprint density at radius 3 is 2.85 bits per heavy atom. The number of rotatable bonds is 2. The number of nitrogens with one attached hydrogen (secondary N) is 1. The molecule has 0 aliphatic carbocycles. The Bertz CT molecular complexity index is 502. The molecule has 2 aliphatic heterocycles. The van der Waals surface area contributed by atoms with Crippen LogP contribution in [0.25, 0.3) is 0 Å². The minimum Gasteiger partial charge on any atom is -0.467 e. The minimum absolute atomic E-state index is 0.118. The Morgan fingerprint density at radius 1 is 1.35 bits per heavy atom. The lowest BCUT2D eigenvalue weighted by Crippen LogP contribution is -2.59. The van der Waals surface area contributed by atoms with Gasteiger partial charge in [0.15, 0.2) is 0 Å². The fourth-order valence-electron chi connectivity index (χ4n) is 3.26. The number of benzene rings is 1. The third-order valence-electron chi connectivity index (χ3n) is 4.23. The number of piperazine rings is 1. The summed E-state index contributed by atoms with van der Waals surface area (Å²) in [5.41, 5.74) is 0.517. The van der Waals surface area contributed by atoms with Crippen molar-refractivity contribution in [3.63, 3.8) is 0 Å². The van der Waals surface area contributed by atoms with Gasteiger partial charge in [0, 0.05) is 36.8 Å². The van der Waals surface area contributed by atoms with Crippen molar-refractivity contribution in [3.05, 3.63) is 29.8 Å². The van der Waals surface area contributed by atoms with Crippen LogP contribution < -0.4 is 5.32 Å². The maximum atomic E-state index is 12.7. The Labute approximate surface area is 123 Å². The highest BCUT2D eigenvalue weighted by Gasteiger charge is 2.49. The predicted molar refractivity (Wildman–Crippen MR) is 79.9 cm³/mol. The molecule has 1 fully saturated rings. The van der Waals surface area contributed by atoms with Crippen molar-refractivity contribution in [2.24, 2.45) is 0 Å². The van der Waals surface area contributed by atoms with Gasteiger partial charge in [-0.05, 0) is 18.1 Å². The molecule has 5 heteroatoms. The molecule has 1 N–H and O–H groups in total. The van der Waals surface area contributed by atoms with E-state index in [-0.39, 0.29) is 5.97 Å². The van der Waals surface area contributed by atoms with Crippen LogP contribution in [-0.4, -0.2) is 49.9 Å². The first kappa shape index (κ1) is 13.9. The molecule has 1 unspecified atom stereocenters. The normalized spacial score (nSPS) is 26.9. The highest BCUT2D eigenvalue weighted by molar-refractivity contribution is 7.99. The van der Waals surface area contributed by atoms with Crippen LogP contribution in [0.15, 0.2) is 29.2 Å². The number of ether oxygens (including phenoxy) is 1. The third kappa shape index (κ3) is 2.14. The molecule has 20 heavy (non-hydrogen) atoms. The SMILES string of the molecule is COC(=O)C1(N2CCNCC2)CCSc2ccccc21. The number of methoxy groups -OCH3 is 1. The molecule has 3 rings (SSSR count). The van der Waals surface area contributed by atoms with Gasteiger partial charge in [-0.1, -0.05) is 18.2 Å². The molecule has 2 aliphatic rings. The second-order valence-corrected chi connectivity index (χ2v) is 6.32. The molecule has 1 atom stereocenters. The number of esters is 1. The third-order valence-corrected chi connectivity index (χ3v) is 5.31. The van der Waals surface area contributed by atoms with Gasteiger partial charge >= 0.3 is 5.97 Å². The van der Waals surface area contributed by atoms with Crippen molar-refractivity contribution < 1.29 is 9.53 Å². The summed E-state index contributed by atoms with van der Waals surface area (Å²) in [4.78, 5) is 16.2. The zero-order valence-corrected chi connectivity index (χ0v) is 12.5. The lowest BCUT2D eigenvalue weighted by Gasteiger charge is -2.46. The van der Waals surface area contributed by atoms with E-state index < -0.39 is 5.54 Å². The van der Waals surface area contributed by atoms with E-state index in [9.17, 15) is 4.79 Å². The standard InChI is InChI=1S/C15H20N2O2S/c1-19-14(18)15(17-9-7-16-8-10-17)6-11-20-13-5-3-2-4-12(13)15/h2-5,16H,6-11H2,1H3. The first-order valence-corrected chi connectivity index (χ1v) is 8.04. The van der Waals surface area contributed by atoms with Crippen LogP contribution in [0.2, 0.25) is 0 Å². The van der Waals surface area contributed by atoms with Gasteiger partial charge < -0.3 is 10.1 Å². The van der Waals surface area contributed by atoms with Gasteiger partial charge in [0.05, 0.1) is 7.11 Å². The summed E-state index contributed by atoms with van der Waals surface area (Å²) in [6.45, 7) is 3.62. The van der Waals surface area contributed by atoms with Crippen LogP contribution in [0.3, 0.4) is 0 Å². The van der Waals surface area contributed by atoms with Gasteiger partial charge in [-0.15, -0.1) is 11.8 Å². The van der Waals surface area contributed by atoms with Crippen molar-refractivity contribution in [1.29, 1.82) is 0 Å². The number of carbonyl (C=O) groups excluding carboxylic acids is 1. The van der Waals surface area contributed by atoms with Crippen molar-refractivity contribution in [1.82, 2.24) is 10.2 Å². The van der Waals surface area contributed by atoms with E-state index in [1.54, 1.807) is 0 Å². The lowest BCUT2D eigenvalue weighted by atomic mass is 9.84. The van der Waals surface area contributed by atoms with Gasteiger partial charge in [0.2, 0.25) is 0 Å². The summed E-state index contributed by atoms with van der Waals surface area (Å²) in [5, 5.41) is 3.35. The molecular weight excluding hydrogens is 272 g/mol. The maximum Gasteiger partial charge on any atom is 0.331 e. The zero-order chi connectivity index (χ0) is 14.0. The van der Waals surface area contributed by atoms with Crippen LogP contribution in [0, 0.1) is 0 Å².